The van der Waals surface area contributed by atoms with Gasteiger partial charge in [-0.1, -0.05) is 145 Å². The van der Waals surface area contributed by atoms with E-state index in [9.17, 15) is 0 Å². The van der Waals surface area contributed by atoms with E-state index >= 15 is 0 Å². The van der Waals surface area contributed by atoms with Crippen LogP contribution >= 0.6 is 11.8 Å². The van der Waals surface area contributed by atoms with Crippen LogP contribution in [0.3, 0.4) is 0 Å². The van der Waals surface area contributed by atoms with E-state index in [2.05, 4.69) is 108 Å². The zero-order valence-electron chi connectivity index (χ0n) is 23.7. The van der Waals surface area contributed by atoms with Crippen LogP contribution in [0.4, 0.5) is 0 Å². The van der Waals surface area contributed by atoms with Gasteiger partial charge in [-0.05, 0) is 51.6 Å². The second-order valence-corrected chi connectivity index (χ2v) is 12.3. The lowest BCUT2D eigenvalue weighted by Gasteiger charge is -2.39. The molecule has 1 aliphatic heterocycles. The summed E-state index contributed by atoms with van der Waals surface area (Å²) in [4.78, 5) is 7.70. The molecular formula is C40H25N3S. The first-order chi connectivity index (χ1) is 21.8. The van der Waals surface area contributed by atoms with Crippen LogP contribution < -0.4 is 0 Å². The van der Waals surface area contributed by atoms with Crippen molar-refractivity contribution in [3.63, 3.8) is 0 Å². The maximum atomic E-state index is 5.12. The van der Waals surface area contributed by atoms with Gasteiger partial charge in [0.1, 0.15) is 11.4 Å². The van der Waals surface area contributed by atoms with Crippen LogP contribution in [0.2, 0.25) is 0 Å². The average Bonchev–Trinajstić information content (AvgIpc) is 3.39. The zero-order valence-corrected chi connectivity index (χ0v) is 24.5. The van der Waals surface area contributed by atoms with E-state index in [-0.39, 0.29) is 0 Å². The Morgan fingerprint density at radius 3 is 1.68 bits per heavy atom. The fourth-order valence-electron chi connectivity index (χ4n) is 7.03. The van der Waals surface area contributed by atoms with E-state index in [0.29, 0.717) is 5.82 Å². The third-order valence-electron chi connectivity index (χ3n) is 8.89. The molecule has 44 heavy (non-hydrogen) atoms. The molecule has 0 radical (unpaired) electrons. The highest BCUT2D eigenvalue weighted by Crippen LogP contribution is 2.62. The predicted octanol–water partition coefficient (Wildman–Crippen LogP) is 9.70. The van der Waals surface area contributed by atoms with Crippen LogP contribution in [0.15, 0.2) is 161 Å². The first kappa shape index (κ1) is 25.2. The van der Waals surface area contributed by atoms with Gasteiger partial charge >= 0.3 is 0 Å². The van der Waals surface area contributed by atoms with E-state index in [1.54, 1.807) is 0 Å². The third-order valence-corrected chi connectivity index (χ3v) is 10.0. The number of hydrogen-bond acceptors (Lipinski definition) is 4. The molecule has 1 aliphatic carbocycles. The molecule has 1 aromatic heterocycles. The van der Waals surface area contributed by atoms with Gasteiger partial charge in [-0.25, -0.2) is 4.98 Å². The molecule has 4 heteroatoms. The van der Waals surface area contributed by atoms with Crippen LogP contribution in [0.1, 0.15) is 22.3 Å². The topological polar surface area (TPSA) is 38.7 Å². The number of nitrogens with zero attached hydrogens (tertiary/aromatic N) is 3. The molecule has 1 spiro atoms. The summed E-state index contributed by atoms with van der Waals surface area (Å²) in [6.45, 7) is 0. The lowest BCUT2D eigenvalue weighted by atomic mass is 9.67. The second kappa shape index (κ2) is 9.87. The minimum Gasteiger partial charge on any atom is -0.224 e. The van der Waals surface area contributed by atoms with Crippen molar-refractivity contribution in [1.29, 1.82) is 0 Å². The molecule has 0 fully saturated rings. The first-order valence-electron chi connectivity index (χ1n) is 14.8. The highest BCUT2D eigenvalue weighted by molar-refractivity contribution is 7.99. The molecule has 3 nitrogen and oxygen atoms in total. The van der Waals surface area contributed by atoms with E-state index in [4.69, 9.17) is 10.1 Å². The molecular weight excluding hydrogens is 555 g/mol. The van der Waals surface area contributed by atoms with Gasteiger partial charge in [0.05, 0.1) is 5.41 Å². The van der Waals surface area contributed by atoms with Gasteiger partial charge in [0.15, 0.2) is 5.82 Å². The molecule has 9 rings (SSSR count). The summed E-state index contributed by atoms with van der Waals surface area (Å²) in [7, 11) is 0. The van der Waals surface area contributed by atoms with Crippen molar-refractivity contribution >= 4 is 11.8 Å². The number of rotatable bonds is 3. The average molecular weight is 580 g/mol. The summed E-state index contributed by atoms with van der Waals surface area (Å²) in [5, 5.41) is 9.54. The minimum absolute atomic E-state index is 0.446. The zero-order chi connectivity index (χ0) is 29.1. The Labute approximate surface area is 260 Å². The Morgan fingerprint density at radius 1 is 0.409 bits per heavy atom. The van der Waals surface area contributed by atoms with Gasteiger partial charge in [0.25, 0.3) is 0 Å². The van der Waals surface area contributed by atoms with Crippen LogP contribution in [-0.4, -0.2) is 15.2 Å². The van der Waals surface area contributed by atoms with Crippen molar-refractivity contribution in [2.45, 2.75) is 15.2 Å². The molecule has 0 atom stereocenters. The normalized spacial score (nSPS) is 13.5. The molecule has 0 unspecified atom stereocenters. The van der Waals surface area contributed by atoms with Gasteiger partial charge in [-0.3, -0.25) is 0 Å². The maximum Gasteiger partial charge on any atom is 0.182 e. The van der Waals surface area contributed by atoms with Gasteiger partial charge in [0, 0.05) is 26.5 Å². The molecule has 0 saturated carbocycles. The summed E-state index contributed by atoms with van der Waals surface area (Å²) in [5.74, 6) is 0.616. The van der Waals surface area contributed by atoms with Crippen molar-refractivity contribution in [3.8, 4) is 45.0 Å². The van der Waals surface area contributed by atoms with Gasteiger partial charge in [-0.15, -0.1) is 10.2 Å². The predicted molar refractivity (Wildman–Crippen MR) is 178 cm³/mol. The summed E-state index contributed by atoms with van der Waals surface area (Å²) in [5.41, 5.74) is 11.9. The van der Waals surface area contributed by atoms with Crippen molar-refractivity contribution in [2.24, 2.45) is 0 Å². The van der Waals surface area contributed by atoms with Crippen molar-refractivity contribution < 1.29 is 0 Å². The molecule has 0 saturated heterocycles. The van der Waals surface area contributed by atoms with Crippen molar-refractivity contribution in [2.75, 3.05) is 0 Å². The van der Waals surface area contributed by atoms with E-state index < -0.39 is 5.41 Å². The standard InChI is InChI=1S/C40H25N3S/c1-3-13-26(14-4-1)37-38(42-43-39(41-37)27-15-5-2-6-16-27)28-23-24-30-29-17-7-8-18-31(29)40(34(30)25-28)32-19-9-11-21-35(32)44-36-22-12-10-20-33(36)40/h1-25H. The fourth-order valence-corrected chi connectivity index (χ4v) is 8.22. The van der Waals surface area contributed by atoms with Crippen LogP contribution in [0.5, 0.6) is 0 Å². The molecule has 2 heterocycles. The Hall–Kier alpha value is -5.32. The van der Waals surface area contributed by atoms with Crippen molar-refractivity contribution in [3.05, 3.63) is 174 Å². The first-order valence-corrected chi connectivity index (χ1v) is 15.6. The van der Waals surface area contributed by atoms with E-state index in [1.165, 1.54) is 43.2 Å². The van der Waals surface area contributed by atoms with Crippen LogP contribution in [-0.2, 0) is 5.41 Å². The molecule has 206 valence electrons. The summed E-state index contributed by atoms with van der Waals surface area (Å²) >= 11 is 1.86. The van der Waals surface area contributed by atoms with Crippen LogP contribution in [0, 0.1) is 0 Å². The number of aromatic nitrogens is 3. The molecule has 0 N–H and O–H groups in total. The Balaban J connectivity index is 1.33. The lowest BCUT2D eigenvalue weighted by molar-refractivity contribution is 0.722. The van der Waals surface area contributed by atoms with E-state index in [1.807, 2.05) is 60.3 Å². The molecule has 7 aromatic rings. The Bertz CT molecular complexity index is 2160. The summed E-state index contributed by atoms with van der Waals surface area (Å²) in [6.07, 6.45) is 0. The lowest BCUT2D eigenvalue weighted by Crippen LogP contribution is -2.31. The smallest absolute Gasteiger partial charge is 0.182 e. The third kappa shape index (κ3) is 3.61. The molecule has 0 amide bonds. The molecule has 0 bridgehead atoms. The monoisotopic (exact) mass is 579 g/mol. The van der Waals surface area contributed by atoms with E-state index in [0.717, 1.165) is 28.1 Å². The van der Waals surface area contributed by atoms with Gasteiger partial charge in [0.2, 0.25) is 0 Å². The highest BCUT2D eigenvalue weighted by Gasteiger charge is 2.50. The highest BCUT2D eigenvalue weighted by atomic mass is 32.2. The van der Waals surface area contributed by atoms with Gasteiger partial charge < -0.3 is 0 Å². The van der Waals surface area contributed by atoms with Crippen molar-refractivity contribution in [1.82, 2.24) is 15.2 Å². The number of hydrogen-bond donors (Lipinski definition) is 0. The van der Waals surface area contributed by atoms with Crippen LogP contribution in [0.25, 0.3) is 45.0 Å². The molecule has 2 aliphatic rings. The number of benzene rings is 6. The fraction of sp³-hybridized carbons (Fsp3) is 0.0250. The largest absolute Gasteiger partial charge is 0.224 e. The maximum absolute atomic E-state index is 5.12. The summed E-state index contributed by atoms with van der Waals surface area (Å²) < 4.78 is 0. The Morgan fingerprint density at radius 2 is 0.977 bits per heavy atom. The second-order valence-electron chi connectivity index (χ2n) is 11.2. The molecule has 6 aromatic carbocycles. The number of fused-ring (bicyclic) bond motifs is 9. The van der Waals surface area contributed by atoms with Gasteiger partial charge in [-0.2, -0.15) is 0 Å². The SMILES string of the molecule is c1ccc(-c2nnc(-c3ccc4c(c3)C3(c5ccccc5Sc5ccccc53)c3ccccc3-4)c(-c3ccccc3)n2)cc1. The quantitative estimate of drug-likeness (QED) is 0.209. The summed E-state index contributed by atoms with van der Waals surface area (Å²) in [6, 6.07) is 53.8. The minimum atomic E-state index is -0.446. The Kier molecular flexibility index (Phi) is 5.65.